The van der Waals surface area contributed by atoms with E-state index in [1.165, 1.54) is 41.6 Å². The minimum absolute atomic E-state index is 0.106. The number of rotatable bonds is 8. The largest absolute Gasteiger partial charge is 0.378 e. The molecule has 3 aromatic rings. The van der Waals surface area contributed by atoms with E-state index in [2.05, 4.69) is 132 Å². The van der Waals surface area contributed by atoms with Gasteiger partial charge in [0.25, 0.3) is 0 Å². The Labute approximate surface area is 258 Å². The number of carbonyl (C=O) groups is 1. The van der Waals surface area contributed by atoms with Crippen molar-refractivity contribution in [2.24, 2.45) is 5.92 Å². The predicted octanol–water partition coefficient (Wildman–Crippen LogP) is 7.89. The molecule has 2 heterocycles. The molecule has 0 radical (unpaired) electrons. The highest BCUT2D eigenvalue weighted by atomic mass is 16.2. The minimum atomic E-state index is 0.106. The van der Waals surface area contributed by atoms with E-state index in [0.717, 1.165) is 55.7 Å². The van der Waals surface area contributed by atoms with Crippen LogP contribution >= 0.6 is 0 Å². The molecule has 1 unspecified atom stereocenters. The fourth-order valence-electron chi connectivity index (χ4n) is 6.93. The summed E-state index contributed by atoms with van der Waals surface area (Å²) < 4.78 is 0. The van der Waals surface area contributed by atoms with E-state index in [9.17, 15) is 4.79 Å². The van der Waals surface area contributed by atoms with Crippen LogP contribution in [0.15, 0.2) is 96.7 Å². The van der Waals surface area contributed by atoms with E-state index in [1.54, 1.807) is 0 Å². The van der Waals surface area contributed by atoms with Crippen LogP contribution in [0.4, 0.5) is 17.1 Å². The Morgan fingerprint density at radius 3 is 2.23 bits per heavy atom. The summed E-state index contributed by atoms with van der Waals surface area (Å²) in [5.74, 6) is 0.372. The second-order valence-corrected chi connectivity index (χ2v) is 12.7. The Balaban J connectivity index is 1.25. The average Bonchev–Trinajstić information content (AvgIpc) is 3.50. The van der Waals surface area contributed by atoms with Gasteiger partial charge in [0, 0.05) is 55.9 Å². The lowest BCUT2D eigenvalue weighted by atomic mass is 9.88. The van der Waals surface area contributed by atoms with Gasteiger partial charge in [0.05, 0.1) is 6.54 Å². The van der Waals surface area contributed by atoms with Gasteiger partial charge in [-0.15, -0.1) is 0 Å². The Kier molecular flexibility index (Phi) is 8.99. The van der Waals surface area contributed by atoms with Crippen molar-refractivity contribution in [3.05, 3.63) is 102 Å². The lowest BCUT2D eigenvalue weighted by Crippen LogP contribution is -2.37. The Morgan fingerprint density at radius 2 is 1.56 bits per heavy atom. The van der Waals surface area contributed by atoms with E-state index in [-0.39, 0.29) is 11.8 Å². The summed E-state index contributed by atoms with van der Waals surface area (Å²) in [6.07, 6.45) is 14.9. The van der Waals surface area contributed by atoms with Crippen molar-refractivity contribution in [2.45, 2.75) is 57.5 Å². The third-order valence-electron chi connectivity index (χ3n) is 9.53. The number of nitrogens with zero attached hydrogens (tertiary/aromatic N) is 4. The molecule has 1 atom stereocenters. The van der Waals surface area contributed by atoms with E-state index >= 15 is 0 Å². The molecule has 3 aromatic carbocycles. The van der Waals surface area contributed by atoms with Crippen molar-refractivity contribution in [1.82, 2.24) is 4.90 Å². The number of likely N-dealkylation sites (N-methyl/N-ethyl adjacent to an activating group) is 1. The topological polar surface area (TPSA) is 30.0 Å². The summed E-state index contributed by atoms with van der Waals surface area (Å²) in [6.45, 7) is 2.58. The van der Waals surface area contributed by atoms with Crippen molar-refractivity contribution in [1.29, 1.82) is 0 Å². The van der Waals surface area contributed by atoms with Gasteiger partial charge in [0.15, 0.2) is 0 Å². The number of benzene rings is 3. The van der Waals surface area contributed by atoms with Crippen LogP contribution in [0, 0.1) is 5.92 Å². The first-order valence-corrected chi connectivity index (χ1v) is 16.1. The quantitative estimate of drug-likeness (QED) is 0.274. The molecule has 5 nitrogen and oxygen atoms in total. The smallest absolute Gasteiger partial charge is 0.230 e. The molecule has 1 saturated heterocycles. The van der Waals surface area contributed by atoms with Gasteiger partial charge in [-0.05, 0) is 91.9 Å². The number of anilines is 3. The predicted molar refractivity (Wildman–Crippen MR) is 181 cm³/mol. The molecule has 3 aliphatic rings. The van der Waals surface area contributed by atoms with Gasteiger partial charge in [-0.1, -0.05) is 73.9 Å². The molecule has 5 heteroatoms. The molecular weight excluding hydrogens is 528 g/mol. The van der Waals surface area contributed by atoms with Crippen LogP contribution < -0.4 is 14.7 Å². The van der Waals surface area contributed by atoms with E-state index in [0.29, 0.717) is 12.6 Å². The van der Waals surface area contributed by atoms with Crippen molar-refractivity contribution >= 4 is 23.0 Å². The third-order valence-corrected chi connectivity index (χ3v) is 9.53. The average molecular weight is 575 g/mol. The van der Waals surface area contributed by atoms with Gasteiger partial charge in [0.1, 0.15) is 0 Å². The molecule has 2 aliphatic heterocycles. The zero-order valence-corrected chi connectivity index (χ0v) is 26.1. The second-order valence-electron chi connectivity index (χ2n) is 12.7. The summed E-state index contributed by atoms with van der Waals surface area (Å²) in [6, 6.07) is 26.5. The molecule has 0 aromatic heterocycles. The molecule has 224 valence electrons. The summed E-state index contributed by atoms with van der Waals surface area (Å²) in [5, 5.41) is 0. The summed E-state index contributed by atoms with van der Waals surface area (Å²) >= 11 is 0. The first-order chi connectivity index (χ1) is 21.0. The van der Waals surface area contributed by atoms with E-state index in [4.69, 9.17) is 0 Å². The molecule has 0 N–H and O–H groups in total. The summed E-state index contributed by atoms with van der Waals surface area (Å²) in [7, 11) is 6.35. The van der Waals surface area contributed by atoms with Gasteiger partial charge in [-0.2, -0.15) is 0 Å². The molecule has 43 heavy (non-hydrogen) atoms. The molecule has 2 fully saturated rings. The highest BCUT2D eigenvalue weighted by Crippen LogP contribution is 2.33. The van der Waals surface area contributed by atoms with Gasteiger partial charge in [0.2, 0.25) is 5.91 Å². The molecule has 0 bridgehead atoms. The van der Waals surface area contributed by atoms with E-state index in [1.807, 2.05) is 0 Å². The van der Waals surface area contributed by atoms with Crippen molar-refractivity contribution in [3.63, 3.8) is 0 Å². The van der Waals surface area contributed by atoms with Gasteiger partial charge < -0.3 is 14.7 Å². The maximum absolute atomic E-state index is 14.1. The first-order valence-electron chi connectivity index (χ1n) is 16.1. The minimum Gasteiger partial charge on any atom is -0.378 e. The lowest BCUT2D eigenvalue weighted by Gasteiger charge is -2.31. The third kappa shape index (κ3) is 6.73. The first kappa shape index (κ1) is 29.3. The normalized spacial score (nSPS) is 19.4. The molecule has 0 spiro atoms. The molecular formula is C38H46N4O. The van der Waals surface area contributed by atoms with Crippen LogP contribution in [0.25, 0.3) is 11.1 Å². The van der Waals surface area contributed by atoms with Gasteiger partial charge in [-0.25, -0.2) is 0 Å². The fourth-order valence-corrected chi connectivity index (χ4v) is 6.93. The Morgan fingerprint density at radius 1 is 0.837 bits per heavy atom. The molecule has 1 saturated carbocycles. The van der Waals surface area contributed by atoms with Crippen LogP contribution in [0.5, 0.6) is 0 Å². The zero-order valence-electron chi connectivity index (χ0n) is 26.1. The fraction of sp³-hybridized carbons (Fsp3) is 0.395. The van der Waals surface area contributed by atoms with Gasteiger partial charge in [-0.3, -0.25) is 9.69 Å². The van der Waals surface area contributed by atoms with Crippen LogP contribution in [-0.2, 0) is 11.3 Å². The standard InChI is InChI=1S/C38H46N4O/c1-39(2)34-22-20-31(21-23-34)30-18-16-29(17-19-30)27-42(38(43)32-10-5-4-6-11-32)36-14-7-13-35(26-36)41-25-8-12-33(28-41)37-15-9-24-40(37)3/h7-8,12-14,16-23,26,28,32,37H,4-6,9-11,15,24-25,27H2,1-3H3. The highest BCUT2D eigenvalue weighted by Gasteiger charge is 2.28. The van der Waals surface area contributed by atoms with Crippen molar-refractivity contribution in [2.75, 3.05) is 48.9 Å². The summed E-state index contributed by atoms with van der Waals surface area (Å²) in [4.78, 5) is 23.1. The number of hydrogen-bond donors (Lipinski definition) is 0. The number of hydrogen-bond acceptors (Lipinski definition) is 4. The number of carbonyl (C=O) groups excluding carboxylic acids is 1. The molecule has 6 rings (SSSR count). The maximum Gasteiger partial charge on any atom is 0.230 e. The van der Waals surface area contributed by atoms with Crippen LogP contribution in [0.1, 0.15) is 50.5 Å². The SMILES string of the molecule is CN(C)c1ccc(-c2ccc(CN(C(=O)C3CCCCC3)c3cccc(N4C=C(C5CCCN5C)C=CC4)c3)cc2)cc1. The Hall–Kier alpha value is -3.83. The molecule has 1 aliphatic carbocycles. The van der Waals surface area contributed by atoms with E-state index < -0.39 is 0 Å². The Bertz CT molecular complexity index is 1450. The maximum atomic E-state index is 14.1. The highest BCUT2D eigenvalue weighted by molar-refractivity contribution is 5.95. The second kappa shape index (κ2) is 13.2. The van der Waals surface area contributed by atoms with Crippen molar-refractivity contribution in [3.8, 4) is 11.1 Å². The molecule has 1 amide bonds. The monoisotopic (exact) mass is 574 g/mol. The van der Waals surface area contributed by atoms with Crippen molar-refractivity contribution < 1.29 is 4.79 Å². The van der Waals surface area contributed by atoms with Gasteiger partial charge >= 0.3 is 0 Å². The number of likely N-dealkylation sites (tertiary alicyclic amines) is 1. The zero-order chi connectivity index (χ0) is 29.8. The van der Waals surface area contributed by atoms with Crippen LogP contribution in [-0.4, -0.2) is 51.1 Å². The number of amides is 1. The van der Waals surface area contributed by atoms with Crippen LogP contribution in [0.3, 0.4) is 0 Å². The van der Waals surface area contributed by atoms with Crippen LogP contribution in [0.2, 0.25) is 0 Å². The lowest BCUT2D eigenvalue weighted by molar-refractivity contribution is -0.123. The summed E-state index contributed by atoms with van der Waals surface area (Å²) in [5.41, 5.74) is 8.23.